The number of carbonyl (C=O) groups is 1. The molecule has 148 valence electrons. The Balaban J connectivity index is 1.62. The van der Waals surface area contributed by atoms with E-state index in [1.165, 1.54) is 11.6 Å². The van der Waals surface area contributed by atoms with Gasteiger partial charge in [-0.25, -0.2) is 9.18 Å². The Morgan fingerprint density at radius 2 is 1.89 bits per heavy atom. The Kier molecular flexibility index (Phi) is 5.22. The van der Waals surface area contributed by atoms with Gasteiger partial charge in [0.2, 0.25) is 0 Å². The molecule has 0 spiro atoms. The minimum Gasteiger partial charge on any atom is -0.457 e. The number of nitrogens with zero attached hydrogens (tertiary/aromatic N) is 2. The van der Waals surface area contributed by atoms with E-state index in [0.29, 0.717) is 38.5 Å². The van der Waals surface area contributed by atoms with Crippen molar-refractivity contribution in [2.24, 2.45) is 0 Å². The van der Waals surface area contributed by atoms with E-state index in [-0.39, 0.29) is 18.0 Å². The number of piperazine rings is 1. The van der Waals surface area contributed by atoms with Gasteiger partial charge in [-0.3, -0.25) is 4.90 Å². The Bertz CT molecular complexity index is 878. The van der Waals surface area contributed by atoms with E-state index < -0.39 is 0 Å². The molecule has 0 aliphatic carbocycles. The van der Waals surface area contributed by atoms with Crippen molar-refractivity contribution in [3.05, 3.63) is 58.9 Å². The van der Waals surface area contributed by atoms with Gasteiger partial charge in [0.25, 0.3) is 0 Å². The molecule has 4 rings (SSSR count). The summed E-state index contributed by atoms with van der Waals surface area (Å²) in [7, 11) is 0. The van der Waals surface area contributed by atoms with Crippen molar-refractivity contribution >= 4 is 6.09 Å². The highest BCUT2D eigenvalue weighted by atomic mass is 19.1. The van der Waals surface area contributed by atoms with Crippen molar-refractivity contribution in [2.45, 2.75) is 26.3 Å². The van der Waals surface area contributed by atoms with Crippen molar-refractivity contribution in [3.8, 4) is 11.5 Å². The van der Waals surface area contributed by atoms with Gasteiger partial charge in [0.05, 0.1) is 6.61 Å². The maximum absolute atomic E-state index is 14.1. The molecule has 6 heteroatoms. The molecular weight excluding hydrogens is 359 g/mol. The van der Waals surface area contributed by atoms with Crippen LogP contribution in [-0.2, 0) is 11.2 Å². The Hall–Kier alpha value is -2.60. The van der Waals surface area contributed by atoms with Crippen LogP contribution >= 0.6 is 0 Å². The van der Waals surface area contributed by atoms with Crippen molar-refractivity contribution in [2.75, 3.05) is 32.8 Å². The van der Waals surface area contributed by atoms with E-state index in [2.05, 4.69) is 17.9 Å². The number of carbonyl (C=O) groups excluding carboxylic acids is 1. The molecule has 0 aromatic heterocycles. The Morgan fingerprint density at radius 3 is 2.64 bits per heavy atom. The second-order valence-electron chi connectivity index (χ2n) is 7.34. The fraction of sp³-hybridized carbons (Fsp3) is 0.409. The normalized spacial score (nSPS) is 19.2. The number of hydrogen-bond acceptors (Lipinski definition) is 4. The van der Waals surface area contributed by atoms with E-state index in [1.54, 1.807) is 17.0 Å². The van der Waals surface area contributed by atoms with Crippen molar-refractivity contribution < 1.29 is 18.7 Å². The first-order valence-electron chi connectivity index (χ1n) is 9.77. The summed E-state index contributed by atoms with van der Waals surface area (Å²) in [5.74, 6) is 1.26. The molecule has 1 unspecified atom stereocenters. The molecule has 0 radical (unpaired) electrons. The standard InChI is InChI=1S/C22H25FN2O3/c1-3-27-22(26)25-10-8-24(9-11-25)19-13-16-12-15(2)4-6-20(16)28-21-7-5-17(23)14-18(19)21/h4-7,12,14,19H,3,8-11,13H2,1-2H3. The summed E-state index contributed by atoms with van der Waals surface area (Å²) in [6, 6.07) is 10.9. The second kappa shape index (κ2) is 7.80. The highest BCUT2D eigenvalue weighted by Gasteiger charge is 2.32. The number of halogens is 1. The summed E-state index contributed by atoms with van der Waals surface area (Å²) >= 11 is 0. The fourth-order valence-corrected chi connectivity index (χ4v) is 4.03. The number of amides is 1. The number of hydrogen-bond donors (Lipinski definition) is 0. The van der Waals surface area contributed by atoms with E-state index in [0.717, 1.165) is 23.3 Å². The van der Waals surface area contributed by atoms with Crippen LogP contribution in [0.2, 0.25) is 0 Å². The Labute approximate surface area is 164 Å². The largest absolute Gasteiger partial charge is 0.457 e. The van der Waals surface area contributed by atoms with Crippen molar-refractivity contribution in [1.29, 1.82) is 0 Å². The van der Waals surface area contributed by atoms with Gasteiger partial charge in [-0.15, -0.1) is 0 Å². The Morgan fingerprint density at radius 1 is 1.14 bits per heavy atom. The SMILES string of the molecule is CCOC(=O)N1CCN(C2Cc3cc(C)ccc3Oc3ccc(F)cc32)CC1. The fourth-order valence-electron chi connectivity index (χ4n) is 4.03. The minimum absolute atomic E-state index is 0.00176. The van der Waals surface area contributed by atoms with Gasteiger partial charge >= 0.3 is 6.09 Å². The quantitative estimate of drug-likeness (QED) is 0.774. The van der Waals surface area contributed by atoms with Crippen LogP contribution in [0.25, 0.3) is 0 Å². The van der Waals surface area contributed by atoms with Crippen LogP contribution in [0.15, 0.2) is 36.4 Å². The molecule has 1 fully saturated rings. The molecule has 0 bridgehead atoms. The highest BCUT2D eigenvalue weighted by molar-refractivity contribution is 5.67. The molecule has 1 amide bonds. The van der Waals surface area contributed by atoms with Gasteiger partial charge in [-0.05, 0) is 50.1 Å². The smallest absolute Gasteiger partial charge is 0.409 e. The molecule has 2 aliphatic rings. The average Bonchev–Trinajstić information content (AvgIpc) is 2.84. The van der Waals surface area contributed by atoms with E-state index in [9.17, 15) is 9.18 Å². The van der Waals surface area contributed by atoms with Gasteiger partial charge in [-0.1, -0.05) is 17.7 Å². The lowest BCUT2D eigenvalue weighted by Crippen LogP contribution is -2.50. The number of aryl methyl sites for hydroxylation is 1. The monoisotopic (exact) mass is 384 g/mol. The topological polar surface area (TPSA) is 42.0 Å². The van der Waals surface area contributed by atoms with Crippen LogP contribution < -0.4 is 4.74 Å². The third kappa shape index (κ3) is 3.69. The average molecular weight is 384 g/mol. The van der Waals surface area contributed by atoms with Crippen LogP contribution in [0, 0.1) is 12.7 Å². The molecule has 2 heterocycles. The van der Waals surface area contributed by atoms with E-state index >= 15 is 0 Å². The lowest BCUT2D eigenvalue weighted by atomic mass is 9.96. The van der Waals surface area contributed by atoms with Gasteiger partial charge in [0, 0.05) is 37.8 Å². The number of rotatable bonds is 2. The van der Waals surface area contributed by atoms with Gasteiger partial charge in [0.1, 0.15) is 17.3 Å². The van der Waals surface area contributed by atoms with Gasteiger partial charge in [0.15, 0.2) is 0 Å². The first-order valence-corrected chi connectivity index (χ1v) is 9.77. The minimum atomic E-state index is -0.265. The molecule has 28 heavy (non-hydrogen) atoms. The molecule has 0 N–H and O–H groups in total. The van der Waals surface area contributed by atoms with E-state index in [1.807, 2.05) is 19.1 Å². The lowest BCUT2D eigenvalue weighted by molar-refractivity contribution is 0.0657. The molecule has 2 aromatic carbocycles. The predicted molar refractivity (Wildman–Crippen MR) is 104 cm³/mol. The molecule has 5 nitrogen and oxygen atoms in total. The molecule has 1 saturated heterocycles. The molecule has 2 aliphatic heterocycles. The van der Waals surface area contributed by atoms with Gasteiger partial charge in [-0.2, -0.15) is 0 Å². The first-order chi connectivity index (χ1) is 13.5. The zero-order valence-corrected chi connectivity index (χ0v) is 16.3. The summed E-state index contributed by atoms with van der Waals surface area (Å²) in [4.78, 5) is 16.0. The van der Waals surface area contributed by atoms with Crippen LogP contribution in [0.1, 0.15) is 29.7 Å². The maximum Gasteiger partial charge on any atom is 0.409 e. The van der Waals surface area contributed by atoms with E-state index in [4.69, 9.17) is 9.47 Å². The molecule has 0 saturated carbocycles. The highest BCUT2D eigenvalue weighted by Crippen LogP contribution is 2.41. The molecular formula is C22H25FN2O3. The maximum atomic E-state index is 14.1. The summed E-state index contributed by atoms with van der Waals surface area (Å²) in [6.45, 7) is 6.86. The summed E-state index contributed by atoms with van der Waals surface area (Å²) in [5, 5.41) is 0. The third-order valence-corrected chi connectivity index (χ3v) is 5.46. The van der Waals surface area contributed by atoms with Crippen molar-refractivity contribution in [3.63, 3.8) is 0 Å². The number of benzene rings is 2. The van der Waals surface area contributed by atoms with Crippen LogP contribution in [-0.4, -0.2) is 48.7 Å². The van der Waals surface area contributed by atoms with Gasteiger partial charge < -0.3 is 14.4 Å². The second-order valence-corrected chi connectivity index (χ2v) is 7.34. The molecule has 2 aromatic rings. The van der Waals surface area contributed by atoms with Crippen LogP contribution in [0.3, 0.4) is 0 Å². The predicted octanol–water partition coefficient (Wildman–Crippen LogP) is 4.30. The zero-order valence-electron chi connectivity index (χ0n) is 16.3. The van der Waals surface area contributed by atoms with Crippen molar-refractivity contribution in [1.82, 2.24) is 9.80 Å². The third-order valence-electron chi connectivity index (χ3n) is 5.46. The van der Waals surface area contributed by atoms with Crippen LogP contribution in [0.5, 0.6) is 11.5 Å². The van der Waals surface area contributed by atoms with Crippen LogP contribution in [0.4, 0.5) is 9.18 Å². The number of fused-ring (bicyclic) bond motifs is 2. The summed E-state index contributed by atoms with van der Waals surface area (Å²) in [6.07, 6.45) is 0.478. The number of ether oxygens (including phenoxy) is 2. The molecule has 1 atom stereocenters. The lowest BCUT2D eigenvalue weighted by Gasteiger charge is -2.38. The first kappa shape index (κ1) is 18.7. The summed E-state index contributed by atoms with van der Waals surface area (Å²) < 4.78 is 25.3. The zero-order chi connectivity index (χ0) is 19.7. The summed E-state index contributed by atoms with van der Waals surface area (Å²) in [5.41, 5.74) is 3.15.